The van der Waals surface area contributed by atoms with Crippen molar-refractivity contribution in [1.82, 2.24) is 9.80 Å². The summed E-state index contributed by atoms with van der Waals surface area (Å²) < 4.78 is 24.0. The van der Waals surface area contributed by atoms with Gasteiger partial charge in [0.1, 0.15) is 8.64 Å². The number of ether oxygens (including phenoxy) is 4. The summed E-state index contributed by atoms with van der Waals surface area (Å²) >= 11 is 17.1. The first-order chi connectivity index (χ1) is 16.7. The fraction of sp³-hybridized carbons (Fsp3) is 0.417. The van der Waals surface area contributed by atoms with Gasteiger partial charge in [-0.05, 0) is 0 Å². The summed E-state index contributed by atoms with van der Waals surface area (Å²) in [5, 5.41) is 0. The van der Waals surface area contributed by atoms with Crippen molar-refractivity contribution in [1.29, 1.82) is 0 Å². The van der Waals surface area contributed by atoms with E-state index in [1.807, 2.05) is 14.1 Å². The molecule has 0 fully saturated rings. The molecule has 194 valence electrons. The topological polar surface area (TPSA) is 43.4 Å². The molecule has 0 aromatic heterocycles. The Labute approximate surface area is 242 Å². The summed E-state index contributed by atoms with van der Waals surface area (Å²) in [6, 6.07) is 21.6. The Bertz CT molecular complexity index is 746. The first kappa shape index (κ1) is 34.6. The maximum absolute atomic E-state index is 4.96. The predicted molar refractivity (Wildman–Crippen MR) is 162 cm³/mol. The van der Waals surface area contributed by atoms with E-state index < -0.39 is 21.1 Å². The first-order valence-corrected chi connectivity index (χ1v) is 15.1. The van der Waals surface area contributed by atoms with Crippen LogP contribution in [0.1, 0.15) is 0 Å². The average Bonchev–Trinajstić information content (AvgIpc) is 2.87. The van der Waals surface area contributed by atoms with E-state index in [9.17, 15) is 0 Å². The number of hydrogen-bond donors (Lipinski definition) is 2. The van der Waals surface area contributed by atoms with E-state index in [-0.39, 0.29) is 12.6 Å². The second-order valence-corrected chi connectivity index (χ2v) is 13.2. The van der Waals surface area contributed by atoms with Crippen molar-refractivity contribution in [2.75, 3.05) is 55.6 Å². The fourth-order valence-corrected chi connectivity index (χ4v) is 5.62. The van der Waals surface area contributed by atoms with Gasteiger partial charge in [0, 0.05) is 42.5 Å². The van der Waals surface area contributed by atoms with Gasteiger partial charge in [0.05, 0.1) is 13.1 Å². The van der Waals surface area contributed by atoms with Crippen LogP contribution in [0.3, 0.4) is 0 Å². The Morgan fingerprint density at radius 2 is 0.971 bits per heavy atom. The molecule has 0 amide bonds. The molecule has 2 aromatic rings. The molecule has 0 unspecified atom stereocenters. The van der Waals surface area contributed by atoms with Crippen molar-refractivity contribution in [3.8, 4) is 0 Å². The van der Waals surface area contributed by atoms with Crippen molar-refractivity contribution >= 4 is 86.6 Å². The Morgan fingerprint density at radius 3 is 1.20 bits per heavy atom. The second-order valence-electron chi connectivity index (χ2n) is 6.99. The minimum atomic E-state index is -0.517. The number of likely N-dealkylation sites (N-methyl/N-ethyl adjacent to an activating group) is 2. The van der Waals surface area contributed by atoms with Gasteiger partial charge in [-0.25, -0.2) is 0 Å². The van der Waals surface area contributed by atoms with Gasteiger partial charge in [0.2, 0.25) is 0 Å². The van der Waals surface area contributed by atoms with Gasteiger partial charge >= 0.3 is 89.0 Å². The molecule has 2 aromatic carbocycles. The average molecular weight is 664 g/mol. The summed E-state index contributed by atoms with van der Waals surface area (Å²) in [4.78, 5) is 3.55. The van der Waals surface area contributed by atoms with Crippen LogP contribution >= 0.6 is 49.7 Å². The van der Waals surface area contributed by atoms with Crippen LogP contribution in [0.15, 0.2) is 60.7 Å². The van der Waals surface area contributed by atoms with Crippen LogP contribution in [0.5, 0.6) is 0 Å². The maximum atomic E-state index is 4.96. The zero-order valence-electron chi connectivity index (χ0n) is 21.1. The van der Waals surface area contributed by atoms with E-state index in [1.54, 1.807) is 38.2 Å². The molecule has 2 radical (unpaired) electrons. The van der Waals surface area contributed by atoms with Gasteiger partial charge in [0.25, 0.3) is 0 Å². The number of thiol groups is 2. The molecule has 6 nitrogen and oxygen atoms in total. The molecule has 0 aliphatic heterocycles. The molecular weight excluding hydrogens is 627 g/mol. The van der Waals surface area contributed by atoms with Crippen LogP contribution in [0.25, 0.3) is 0 Å². The Kier molecular flexibility index (Phi) is 21.4. The molecule has 0 aliphatic rings. The molecule has 11 heteroatoms. The normalized spacial score (nSPS) is 10.1. The molecule has 0 aliphatic carbocycles. The summed E-state index contributed by atoms with van der Waals surface area (Å²) in [7, 11) is 10.0. The van der Waals surface area contributed by atoms with E-state index in [4.69, 9.17) is 43.4 Å². The van der Waals surface area contributed by atoms with Gasteiger partial charge in [-0.2, -0.15) is 0 Å². The monoisotopic (exact) mass is 664 g/mol. The third-order valence-electron chi connectivity index (χ3n) is 4.39. The van der Waals surface area contributed by atoms with Gasteiger partial charge in [0.15, 0.2) is 12.6 Å². The van der Waals surface area contributed by atoms with Gasteiger partial charge in [-0.1, -0.05) is 24.4 Å². The van der Waals surface area contributed by atoms with Crippen molar-refractivity contribution < 1.29 is 18.9 Å². The molecule has 2 rings (SSSR count). The first-order valence-electron chi connectivity index (χ1n) is 10.5. The predicted octanol–water partition coefficient (Wildman–Crippen LogP) is 2.85. The van der Waals surface area contributed by atoms with Crippen LogP contribution in [0, 0.1) is 0 Å². The van der Waals surface area contributed by atoms with Crippen molar-refractivity contribution in [3.05, 3.63) is 60.7 Å². The number of nitrogens with zero attached hydrogens (tertiary/aromatic N) is 2. The molecule has 0 saturated heterocycles. The van der Waals surface area contributed by atoms with Crippen LogP contribution < -0.4 is 7.16 Å². The van der Waals surface area contributed by atoms with E-state index >= 15 is 0 Å². The third kappa shape index (κ3) is 17.6. The zero-order valence-corrected chi connectivity index (χ0v) is 27.4. The van der Waals surface area contributed by atoms with E-state index in [0.29, 0.717) is 21.7 Å². The minimum absolute atomic E-state index is 0.245. The zero-order chi connectivity index (χ0) is 26.6. The summed E-state index contributed by atoms with van der Waals surface area (Å²) in [6.45, 7) is 1.19. The molecule has 0 bridgehead atoms. The number of rotatable bonds is 10. The Hall–Kier alpha value is -0.441. The molecule has 0 saturated carbocycles. The quantitative estimate of drug-likeness (QED) is 0.174. The molecule has 35 heavy (non-hydrogen) atoms. The molecular formula is C24H36N2O4S4Sn. The van der Waals surface area contributed by atoms with E-state index in [1.165, 1.54) is 7.16 Å². The van der Waals surface area contributed by atoms with E-state index in [0.717, 1.165) is 0 Å². The van der Waals surface area contributed by atoms with Crippen LogP contribution in [-0.4, -0.2) is 108 Å². The number of hydrogen-bond acceptors (Lipinski definition) is 6. The molecule has 0 heterocycles. The summed E-state index contributed by atoms with van der Waals surface area (Å²) in [6.07, 6.45) is -0.491. The number of thiocarbonyl (C=S) groups is 2. The van der Waals surface area contributed by atoms with Crippen molar-refractivity contribution in [2.24, 2.45) is 0 Å². The molecule has 0 spiro atoms. The molecule has 0 N–H and O–H groups in total. The third-order valence-corrected chi connectivity index (χ3v) is 9.24. The van der Waals surface area contributed by atoms with Crippen LogP contribution in [-0.2, 0) is 18.9 Å². The summed E-state index contributed by atoms with van der Waals surface area (Å²) in [5.41, 5.74) is 0. The Balaban J connectivity index is 0.000000500. The van der Waals surface area contributed by atoms with Crippen molar-refractivity contribution in [3.63, 3.8) is 0 Å². The SMILES string of the molecule is COC(CN(C)C(=S)S)OC.COC(CN(C)C(=S)S)OC.c1cc[c]([Sn][c]2ccccc2)cc1. The number of methoxy groups -OCH3 is 4. The summed E-state index contributed by atoms with van der Waals surface area (Å²) in [5.74, 6) is 0. The van der Waals surface area contributed by atoms with Crippen LogP contribution in [0.4, 0.5) is 0 Å². The second kappa shape index (κ2) is 21.6. The number of benzene rings is 2. The Morgan fingerprint density at radius 1 is 0.686 bits per heavy atom. The van der Waals surface area contributed by atoms with Gasteiger partial charge < -0.3 is 28.7 Å². The molecule has 0 atom stereocenters. The fourth-order valence-electron chi connectivity index (χ4n) is 2.30. The van der Waals surface area contributed by atoms with Gasteiger partial charge in [-0.3, -0.25) is 0 Å². The standard InChI is InChI=1S/2C6H13NO2S2.2C6H5.Sn/c2*1-7(6(10)11)4-5(8-2)9-3;2*1-2-4-6-5-3-1;/h2*5H,4H2,1-3H3,(H,10,11);2*1-5H;. The van der Waals surface area contributed by atoms with Crippen LogP contribution in [0.2, 0.25) is 0 Å². The van der Waals surface area contributed by atoms with Crippen molar-refractivity contribution in [2.45, 2.75) is 12.6 Å². The van der Waals surface area contributed by atoms with E-state index in [2.05, 4.69) is 85.9 Å². The van der Waals surface area contributed by atoms with Gasteiger partial charge in [-0.15, -0.1) is 25.3 Å².